The molecule has 0 aliphatic carbocycles. The van der Waals surface area contributed by atoms with Crippen molar-refractivity contribution in [2.45, 2.75) is 46.5 Å². The van der Waals surface area contributed by atoms with E-state index < -0.39 is 0 Å². The summed E-state index contributed by atoms with van der Waals surface area (Å²) >= 11 is 0. The highest BCUT2D eigenvalue weighted by Crippen LogP contribution is 2.23. The second-order valence-electron chi connectivity index (χ2n) is 4.84. The highest BCUT2D eigenvalue weighted by Gasteiger charge is 2.21. The van der Waals surface area contributed by atoms with Crippen LogP contribution in [-0.2, 0) is 11.2 Å². The van der Waals surface area contributed by atoms with Crippen LogP contribution in [0.25, 0.3) is 0 Å². The van der Waals surface area contributed by atoms with Crippen LogP contribution in [0.2, 0.25) is 0 Å². The van der Waals surface area contributed by atoms with Crippen molar-refractivity contribution in [3.63, 3.8) is 0 Å². The minimum atomic E-state index is 0.253. The summed E-state index contributed by atoms with van der Waals surface area (Å²) in [5, 5.41) is 0. The molecule has 0 spiro atoms. The van der Waals surface area contributed by atoms with Crippen molar-refractivity contribution < 1.29 is 4.79 Å². The van der Waals surface area contributed by atoms with Crippen LogP contribution in [0.15, 0.2) is 30.3 Å². The lowest BCUT2D eigenvalue weighted by Gasteiger charge is -2.21. The molecular weight excluding hydrogens is 208 g/mol. The largest absolute Gasteiger partial charge is 0.299 e. The van der Waals surface area contributed by atoms with E-state index in [1.807, 2.05) is 13.0 Å². The first kappa shape index (κ1) is 14.0. The Hall–Kier alpha value is -1.11. The molecule has 0 N–H and O–H groups in total. The maximum Gasteiger partial charge on any atom is 0.135 e. The quantitative estimate of drug-likeness (QED) is 0.686. The lowest BCUT2D eigenvalue weighted by Crippen LogP contribution is -2.21. The summed E-state index contributed by atoms with van der Waals surface area (Å²) in [5.41, 5.74) is 1.37. The monoisotopic (exact) mass is 232 g/mol. The third-order valence-corrected chi connectivity index (χ3v) is 3.62. The van der Waals surface area contributed by atoms with Gasteiger partial charge in [0.2, 0.25) is 0 Å². The van der Waals surface area contributed by atoms with Crippen molar-refractivity contribution in [2.24, 2.45) is 11.8 Å². The topological polar surface area (TPSA) is 17.1 Å². The second-order valence-corrected chi connectivity index (χ2v) is 4.84. The van der Waals surface area contributed by atoms with Gasteiger partial charge in [0.15, 0.2) is 0 Å². The molecule has 94 valence electrons. The van der Waals surface area contributed by atoms with E-state index in [9.17, 15) is 4.79 Å². The maximum absolute atomic E-state index is 11.8. The third-order valence-electron chi connectivity index (χ3n) is 3.62. The average molecular weight is 232 g/mol. The SMILES string of the molecule is CCC(=O)[C@H](CC)[C@H](C)CCc1ccccc1. The van der Waals surface area contributed by atoms with E-state index in [2.05, 4.69) is 38.1 Å². The van der Waals surface area contributed by atoms with Crippen molar-refractivity contribution in [3.8, 4) is 0 Å². The Labute approximate surface area is 105 Å². The molecule has 1 rings (SSSR count). The van der Waals surface area contributed by atoms with Crippen LogP contribution in [0.4, 0.5) is 0 Å². The maximum atomic E-state index is 11.8. The van der Waals surface area contributed by atoms with Crippen molar-refractivity contribution in [1.82, 2.24) is 0 Å². The summed E-state index contributed by atoms with van der Waals surface area (Å²) in [6.07, 6.45) is 3.83. The van der Waals surface area contributed by atoms with Crippen LogP contribution in [0.3, 0.4) is 0 Å². The van der Waals surface area contributed by atoms with Crippen molar-refractivity contribution in [2.75, 3.05) is 0 Å². The Morgan fingerprint density at radius 2 is 1.82 bits per heavy atom. The fraction of sp³-hybridized carbons (Fsp3) is 0.562. The zero-order valence-electron chi connectivity index (χ0n) is 11.3. The molecule has 0 aromatic heterocycles. The average Bonchev–Trinajstić information content (AvgIpc) is 2.38. The van der Waals surface area contributed by atoms with E-state index in [1.54, 1.807) is 0 Å². The van der Waals surface area contributed by atoms with E-state index in [0.717, 1.165) is 19.3 Å². The Balaban J connectivity index is 2.48. The van der Waals surface area contributed by atoms with Gasteiger partial charge in [0, 0.05) is 12.3 Å². The number of Topliss-reactive ketones (excluding diaryl/α,β-unsaturated/α-hetero) is 1. The first-order valence-corrected chi connectivity index (χ1v) is 6.75. The fourth-order valence-electron chi connectivity index (χ4n) is 2.45. The molecule has 0 radical (unpaired) electrons. The molecule has 0 fully saturated rings. The molecule has 17 heavy (non-hydrogen) atoms. The molecule has 1 aromatic carbocycles. The zero-order chi connectivity index (χ0) is 12.7. The van der Waals surface area contributed by atoms with E-state index in [-0.39, 0.29) is 5.92 Å². The summed E-state index contributed by atoms with van der Waals surface area (Å²) < 4.78 is 0. The van der Waals surface area contributed by atoms with Gasteiger partial charge in [-0.2, -0.15) is 0 Å². The Morgan fingerprint density at radius 3 is 2.35 bits per heavy atom. The van der Waals surface area contributed by atoms with E-state index in [0.29, 0.717) is 18.1 Å². The fourth-order valence-corrected chi connectivity index (χ4v) is 2.45. The van der Waals surface area contributed by atoms with Gasteiger partial charge in [0.05, 0.1) is 0 Å². The highest BCUT2D eigenvalue weighted by molar-refractivity contribution is 5.80. The summed E-state index contributed by atoms with van der Waals surface area (Å²) in [4.78, 5) is 11.8. The van der Waals surface area contributed by atoms with Gasteiger partial charge in [0.25, 0.3) is 0 Å². The highest BCUT2D eigenvalue weighted by atomic mass is 16.1. The minimum absolute atomic E-state index is 0.253. The Bertz CT molecular complexity index is 329. The number of hydrogen-bond acceptors (Lipinski definition) is 1. The van der Waals surface area contributed by atoms with Crippen LogP contribution >= 0.6 is 0 Å². The number of benzene rings is 1. The van der Waals surface area contributed by atoms with Gasteiger partial charge in [-0.1, -0.05) is 51.1 Å². The number of aryl methyl sites for hydroxylation is 1. The van der Waals surface area contributed by atoms with Crippen LogP contribution < -0.4 is 0 Å². The molecule has 2 atom stereocenters. The Morgan fingerprint density at radius 1 is 1.18 bits per heavy atom. The van der Waals surface area contributed by atoms with Gasteiger partial charge in [0.1, 0.15) is 5.78 Å². The van der Waals surface area contributed by atoms with Gasteiger partial charge in [-0.15, -0.1) is 0 Å². The van der Waals surface area contributed by atoms with Gasteiger partial charge < -0.3 is 0 Å². The van der Waals surface area contributed by atoms with E-state index in [4.69, 9.17) is 0 Å². The molecule has 0 heterocycles. The predicted molar refractivity (Wildman–Crippen MR) is 73.0 cm³/mol. The predicted octanol–water partition coefficient (Wildman–Crippen LogP) is 4.26. The normalized spacial score (nSPS) is 14.3. The second kappa shape index (κ2) is 7.26. The lowest BCUT2D eigenvalue weighted by molar-refractivity contribution is -0.124. The summed E-state index contributed by atoms with van der Waals surface area (Å²) in [6, 6.07) is 10.5. The number of carbonyl (C=O) groups is 1. The molecule has 0 amide bonds. The number of ketones is 1. The van der Waals surface area contributed by atoms with Crippen molar-refractivity contribution >= 4 is 5.78 Å². The minimum Gasteiger partial charge on any atom is -0.299 e. The van der Waals surface area contributed by atoms with E-state index in [1.165, 1.54) is 5.56 Å². The van der Waals surface area contributed by atoms with Crippen LogP contribution in [-0.4, -0.2) is 5.78 Å². The van der Waals surface area contributed by atoms with Gasteiger partial charge >= 0.3 is 0 Å². The smallest absolute Gasteiger partial charge is 0.135 e. The molecule has 1 nitrogen and oxygen atoms in total. The Kier molecular flexibility index (Phi) is 5.96. The first-order chi connectivity index (χ1) is 8.19. The molecule has 0 aliphatic heterocycles. The molecular formula is C16H24O. The van der Waals surface area contributed by atoms with Crippen LogP contribution in [0.1, 0.15) is 45.6 Å². The molecule has 0 unspecified atom stereocenters. The van der Waals surface area contributed by atoms with Gasteiger partial charge in [-0.25, -0.2) is 0 Å². The number of rotatable bonds is 7. The molecule has 0 saturated heterocycles. The van der Waals surface area contributed by atoms with Crippen molar-refractivity contribution in [1.29, 1.82) is 0 Å². The van der Waals surface area contributed by atoms with E-state index >= 15 is 0 Å². The van der Waals surface area contributed by atoms with Crippen molar-refractivity contribution in [3.05, 3.63) is 35.9 Å². The summed E-state index contributed by atoms with van der Waals surface area (Å²) in [7, 11) is 0. The molecule has 0 bridgehead atoms. The van der Waals surface area contributed by atoms with Gasteiger partial charge in [-0.05, 0) is 30.7 Å². The molecule has 0 saturated carbocycles. The zero-order valence-corrected chi connectivity index (χ0v) is 11.3. The molecule has 1 aromatic rings. The number of hydrogen-bond donors (Lipinski definition) is 0. The lowest BCUT2D eigenvalue weighted by atomic mass is 9.83. The van der Waals surface area contributed by atoms with Gasteiger partial charge in [-0.3, -0.25) is 4.79 Å². The van der Waals surface area contributed by atoms with Crippen LogP contribution in [0.5, 0.6) is 0 Å². The number of carbonyl (C=O) groups excluding carboxylic acids is 1. The summed E-state index contributed by atoms with van der Waals surface area (Å²) in [5.74, 6) is 1.17. The van der Waals surface area contributed by atoms with Crippen LogP contribution in [0, 0.1) is 11.8 Å². The third kappa shape index (κ3) is 4.33. The molecule has 1 heteroatoms. The summed E-state index contributed by atoms with van der Waals surface area (Å²) in [6.45, 7) is 6.30. The standard InChI is InChI=1S/C16H24O/c1-4-15(16(17)5-2)13(3)11-12-14-9-7-6-8-10-14/h6-10,13,15H,4-5,11-12H2,1-3H3/t13-,15-/m1/s1. The first-order valence-electron chi connectivity index (χ1n) is 6.75. The molecule has 0 aliphatic rings.